The predicted octanol–water partition coefficient (Wildman–Crippen LogP) is 0.378. The van der Waals surface area contributed by atoms with E-state index in [9.17, 15) is 22.8 Å². The quantitative estimate of drug-likeness (QED) is 0.529. The highest BCUT2D eigenvalue weighted by molar-refractivity contribution is 7.92. The van der Waals surface area contributed by atoms with Crippen LogP contribution in [0.2, 0.25) is 0 Å². The van der Waals surface area contributed by atoms with E-state index in [0.717, 1.165) is 4.90 Å². The number of hydrogen-bond donors (Lipinski definition) is 0. The molecule has 24 heavy (non-hydrogen) atoms. The van der Waals surface area contributed by atoms with Crippen LogP contribution in [0.5, 0.6) is 0 Å². The van der Waals surface area contributed by atoms with Crippen LogP contribution in [0.3, 0.4) is 0 Å². The summed E-state index contributed by atoms with van der Waals surface area (Å²) in [5, 5.41) is -1.08. The van der Waals surface area contributed by atoms with Crippen molar-refractivity contribution in [2.45, 2.75) is 45.6 Å². The Morgan fingerprint density at radius 3 is 2.38 bits per heavy atom. The maximum absolute atomic E-state index is 12.5. The van der Waals surface area contributed by atoms with Gasteiger partial charge in [0.15, 0.2) is 15.2 Å². The van der Waals surface area contributed by atoms with Crippen molar-refractivity contribution in [1.82, 2.24) is 4.90 Å². The first-order valence-electron chi connectivity index (χ1n) is 7.48. The Balaban J connectivity index is 2.48. The van der Waals surface area contributed by atoms with Crippen molar-refractivity contribution in [3.63, 3.8) is 0 Å². The maximum Gasteiger partial charge on any atom is 0.355 e. The van der Waals surface area contributed by atoms with Crippen LogP contribution in [0.1, 0.15) is 34.6 Å². The number of carbonyl (C=O) groups excluding carboxylic acids is 3. The molecule has 0 radical (unpaired) electrons. The molecule has 0 N–H and O–H groups in total. The van der Waals surface area contributed by atoms with Crippen molar-refractivity contribution in [2.24, 2.45) is 5.92 Å². The van der Waals surface area contributed by atoms with Crippen LogP contribution in [-0.4, -0.2) is 54.5 Å². The molecule has 0 aliphatic carbocycles. The molecule has 0 aromatic heterocycles. The Bertz CT molecular complexity index is 729. The zero-order chi connectivity index (χ0) is 18.4. The zero-order valence-electron chi connectivity index (χ0n) is 14.3. The van der Waals surface area contributed by atoms with E-state index in [1.165, 1.54) is 13.8 Å². The van der Waals surface area contributed by atoms with Gasteiger partial charge in [-0.1, -0.05) is 6.92 Å². The molecule has 0 unspecified atom stereocenters. The average Bonchev–Trinajstić information content (AvgIpc) is 2.40. The summed E-state index contributed by atoms with van der Waals surface area (Å²) in [6.45, 7) is 7.28. The molecule has 0 spiro atoms. The second-order valence-corrected chi connectivity index (χ2v) is 9.03. The first kappa shape index (κ1) is 18.4. The first-order valence-corrected chi connectivity index (χ1v) is 9.20. The molecule has 134 valence electrons. The monoisotopic (exact) mass is 359 g/mol. The molecule has 1 amide bonds. The van der Waals surface area contributed by atoms with Crippen LogP contribution in [-0.2, 0) is 33.7 Å². The van der Waals surface area contributed by atoms with Gasteiger partial charge in [-0.05, 0) is 20.8 Å². The van der Waals surface area contributed by atoms with Gasteiger partial charge in [-0.3, -0.25) is 14.5 Å². The summed E-state index contributed by atoms with van der Waals surface area (Å²) in [6.07, 6.45) is 0. The third-order valence-corrected chi connectivity index (χ3v) is 5.78. The number of amides is 1. The minimum atomic E-state index is -3.66. The summed E-state index contributed by atoms with van der Waals surface area (Å²) >= 11 is 0. The van der Waals surface area contributed by atoms with Crippen LogP contribution in [0.4, 0.5) is 0 Å². The standard InChI is InChI=1S/C15H21NO7S/c1-8-12(18)16-11(14(19)23-15(3,4)5)10(6-22-9(2)17)7-24(20,21)13(8)16/h8,13H,6-7H2,1-5H3/t8-,13+/m1/s1. The topological polar surface area (TPSA) is 107 Å². The highest BCUT2D eigenvalue weighted by atomic mass is 32.2. The van der Waals surface area contributed by atoms with E-state index in [2.05, 4.69) is 0 Å². The molecule has 1 fully saturated rings. The molecule has 0 saturated carbocycles. The van der Waals surface area contributed by atoms with Gasteiger partial charge in [-0.15, -0.1) is 0 Å². The summed E-state index contributed by atoms with van der Waals surface area (Å²) in [5.74, 6) is -3.06. The predicted molar refractivity (Wildman–Crippen MR) is 83.1 cm³/mol. The van der Waals surface area contributed by atoms with Crippen molar-refractivity contribution >= 4 is 27.7 Å². The Labute approximate surface area is 140 Å². The lowest BCUT2D eigenvalue weighted by atomic mass is 9.97. The fourth-order valence-electron chi connectivity index (χ4n) is 2.75. The van der Waals surface area contributed by atoms with Crippen molar-refractivity contribution < 1.29 is 32.3 Å². The first-order chi connectivity index (χ1) is 10.8. The number of hydrogen-bond acceptors (Lipinski definition) is 7. The summed E-state index contributed by atoms with van der Waals surface area (Å²) < 4.78 is 34.9. The SMILES string of the molecule is CC(=O)OCC1=C(C(=O)OC(C)(C)C)N2C(=O)[C@@H](C)[C@@H]2S(=O)(=O)C1. The lowest BCUT2D eigenvalue weighted by Crippen LogP contribution is -2.66. The number of esters is 2. The third-order valence-electron chi connectivity index (χ3n) is 3.67. The second kappa shape index (κ2) is 5.87. The highest BCUT2D eigenvalue weighted by Gasteiger charge is 2.58. The molecule has 2 atom stereocenters. The largest absolute Gasteiger partial charge is 0.461 e. The smallest absolute Gasteiger partial charge is 0.355 e. The number of β-lactam (4-membered cyclic amide) rings is 1. The third kappa shape index (κ3) is 3.31. The number of nitrogens with zero attached hydrogens (tertiary/aromatic N) is 1. The van der Waals surface area contributed by atoms with Gasteiger partial charge in [0.2, 0.25) is 5.91 Å². The van der Waals surface area contributed by atoms with E-state index in [1.54, 1.807) is 20.8 Å². The van der Waals surface area contributed by atoms with Crippen molar-refractivity contribution in [1.29, 1.82) is 0 Å². The number of sulfone groups is 1. The Morgan fingerprint density at radius 2 is 1.88 bits per heavy atom. The minimum absolute atomic E-state index is 0.0518. The number of fused-ring (bicyclic) bond motifs is 1. The highest BCUT2D eigenvalue weighted by Crippen LogP contribution is 2.40. The van der Waals surface area contributed by atoms with Gasteiger partial charge in [-0.25, -0.2) is 13.2 Å². The van der Waals surface area contributed by atoms with Crippen LogP contribution in [0, 0.1) is 5.92 Å². The van der Waals surface area contributed by atoms with Crippen molar-refractivity contribution in [3.05, 3.63) is 11.3 Å². The zero-order valence-corrected chi connectivity index (χ0v) is 15.1. The summed E-state index contributed by atoms with van der Waals surface area (Å²) in [6, 6.07) is 0. The van der Waals surface area contributed by atoms with Crippen LogP contribution < -0.4 is 0 Å². The summed E-state index contributed by atoms with van der Waals surface area (Å²) in [7, 11) is -3.66. The number of ether oxygens (including phenoxy) is 2. The lowest BCUT2D eigenvalue weighted by molar-refractivity contribution is -0.160. The molecular formula is C15H21NO7S. The molecule has 1 saturated heterocycles. The van der Waals surface area contributed by atoms with E-state index >= 15 is 0 Å². The number of rotatable bonds is 3. The summed E-state index contributed by atoms with van der Waals surface area (Å²) in [5.41, 5.74) is -0.896. The van der Waals surface area contributed by atoms with Gasteiger partial charge < -0.3 is 9.47 Å². The van der Waals surface area contributed by atoms with Gasteiger partial charge in [0.1, 0.15) is 17.9 Å². The summed E-state index contributed by atoms with van der Waals surface area (Å²) in [4.78, 5) is 36.7. The van der Waals surface area contributed by atoms with E-state index in [0.29, 0.717) is 0 Å². The van der Waals surface area contributed by atoms with Crippen LogP contribution in [0.15, 0.2) is 11.3 Å². The second-order valence-electron chi connectivity index (χ2n) is 6.93. The Hall–Kier alpha value is -1.90. The molecule has 0 aromatic rings. The van der Waals surface area contributed by atoms with Gasteiger partial charge in [0, 0.05) is 12.5 Å². The maximum atomic E-state index is 12.5. The molecule has 2 aliphatic heterocycles. The lowest BCUT2D eigenvalue weighted by Gasteiger charge is -2.48. The van der Waals surface area contributed by atoms with Crippen LogP contribution >= 0.6 is 0 Å². The molecule has 0 bridgehead atoms. The molecule has 8 nitrogen and oxygen atoms in total. The fourth-order valence-corrected chi connectivity index (χ4v) is 4.90. The number of carbonyl (C=O) groups is 3. The Kier molecular flexibility index (Phi) is 4.51. The molecule has 9 heteroatoms. The molecule has 2 aliphatic rings. The molecule has 2 heterocycles. The molecule has 2 rings (SSSR count). The van der Waals surface area contributed by atoms with Gasteiger partial charge in [0.25, 0.3) is 0 Å². The fraction of sp³-hybridized carbons (Fsp3) is 0.667. The Morgan fingerprint density at radius 1 is 1.29 bits per heavy atom. The van der Waals surface area contributed by atoms with E-state index in [1.807, 2.05) is 0 Å². The normalized spacial score (nSPS) is 25.7. The molecular weight excluding hydrogens is 338 g/mol. The van der Waals surface area contributed by atoms with E-state index < -0.39 is 50.3 Å². The minimum Gasteiger partial charge on any atom is -0.461 e. The van der Waals surface area contributed by atoms with Gasteiger partial charge >= 0.3 is 11.9 Å². The van der Waals surface area contributed by atoms with E-state index in [4.69, 9.17) is 9.47 Å². The van der Waals surface area contributed by atoms with Gasteiger partial charge in [-0.2, -0.15) is 0 Å². The van der Waals surface area contributed by atoms with Gasteiger partial charge in [0.05, 0.1) is 11.7 Å². The van der Waals surface area contributed by atoms with Crippen molar-refractivity contribution in [2.75, 3.05) is 12.4 Å². The molecule has 0 aromatic carbocycles. The van der Waals surface area contributed by atoms with E-state index in [-0.39, 0.29) is 17.9 Å². The van der Waals surface area contributed by atoms with Crippen molar-refractivity contribution in [3.8, 4) is 0 Å². The van der Waals surface area contributed by atoms with Crippen LogP contribution in [0.25, 0.3) is 0 Å². The average molecular weight is 359 g/mol.